The first-order chi connectivity index (χ1) is 12.9. The van der Waals surface area contributed by atoms with Crippen molar-refractivity contribution in [1.29, 1.82) is 0 Å². The third-order valence-corrected chi connectivity index (χ3v) is 4.06. The van der Waals surface area contributed by atoms with Gasteiger partial charge in [0, 0.05) is 11.3 Å². The van der Waals surface area contributed by atoms with Gasteiger partial charge in [-0.25, -0.2) is 4.79 Å². The second-order valence-electron chi connectivity index (χ2n) is 5.64. The molecule has 0 unspecified atom stereocenters. The number of carbonyl (C=O) groups excluding carboxylic acids is 1. The van der Waals surface area contributed by atoms with Gasteiger partial charge < -0.3 is 15.2 Å². The molecule has 0 heterocycles. The lowest BCUT2D eigenvalue weighted by atomic mass is 10.2. The van der Waals surface area contributed by atoms with E-state index in [0.29, 0.717) is 23.6 Å². The van der Waals surface area contributed by atoms with Crippen LogP contribution in [0.3, 0.4) is 0 Å². The zero-order chi connectivity index (χ0) is 19.8. The van der Waals surface area contributed by atoms with E-state index in [-0.39, 0.29) is 21.6 Å². The van der Waals surface area contributed by atoms with Crippen LogP contribution in [0.15, 0.2) is 42.5 Å². The molecule has 8 heteroatoms. The minimum Gasteiger partial charge on any atom is -0.494 e. The quantitative estimate of drug-likeness (QED) is 0.468. The van der Waals surface area contributed by atoms with Crippen LogP contribution in [0.25, 0.3) is 0 Å². The van der Waals surface area contributed by atoms with E-state index in [4.69, 9.17) is 33.7 Å². The normalized spacial score (nSPS) is 10.1. The van der Waals surface area contributed by atoms with Crippen LogP contribution in [0.5, 0.6) is 5.75 Å². The second kappa shape index (κ2) is 9.89. The predicted octanol–water partition coefficient (Wildman–Crippen LogP) is 4.34. The number of unbranched alkanes of at least 4 members (excludes halogenated alkanes) is 1. The van der Waals surface area contributed by atoms with Crippen molar-refractivity contribution in [2.75, 3.05) is 11.9 Å². The number of rotatable bonds is 7. The van der Waals surface area contributed by atoms with Gasteiger partial charge in [-0.05, 0) is 55.0 Å². The Kier molecular flexibility index (Phi) is 7.57. The minimum atomic E-state index is -1.12. The standard InChI is InChI=1S/C19H19ClN2O4S/c1-2-3-9-26-14-6-4-5-12(10-14)17(23)22-19(27)21-13-7-8-15(18(24)25)16(20)11-13/h4-8,10-11H,2-3,9H2,1H3,(H,24,25)(H2,21,22,23,27). The number of carboxylic acid groups (broad SMARTS) is 1. The van der Waals surface area contributed by atoms with Gasteiger partial charge in [0.05, 0.1) is 17.2 Å². The van der Waals surface area contributed by atoms with Crippen molar-refractivity contribution >= 4 is 46.5 Å². The molecule has 0 atom stereocenters. The number of aromatic carboxylic acids is 1. The third-order valence-electron chi connectivity index (χ3n) is 3.55. The molecule has 6 nitrogen and oxygen atoms in total. The van der Waals surface area contributed by atoms with Crippen molar-refractivity contribution in [3.63, 3.8) is 0 Å². The van der Waals surface area contributed by atoms with Gasteiger partial charge in [0.15, 0.2) is 5.11 Å². The first-order valence-corrected chi connectivity index (χ1v) is 9.07. The second-order valence-corrected chi connectivity index (χ2v) is 6.45. The van der Waals surface area contributed by atoms with Gasteiger partial charge in [0.1, 0.15) is 5.75 Å². The number of carbonyl (C=O) groups is 2. The summed E-state index contributed by atoms with van der Waals surface area (Å²) in [4.78, 5) is 23.3. The van der Waals surface area contributed by atoms with Gasteiger partial charge in [-0.1, -0.05) is 31.0 Å². The minimum absolute atomic E-state index is 0.0166. The molecular formula is C19H19ClN2O4S. The van der Waals surface area contributed by atoms with Crippen LogP contribution in [-0.2, 0) is 0 Å². The fourth-order valence-electron chi connectivity index (χ4n) is 2.17. The summed E-state index contributed by atoms with van der Waals surface area (Å²) >= 11 is 11.0. The van der Waals surface area contributed by atoms with Crippen molar-refractivity contribution in [3.8, 4) is 5.75 Å². The van der Waals surface area contributed by atoms with E-state index in [9.17, 15) is 9.59 Å². The Morgan fingerprint density at radius 3 is 2.67 bits per heavy atom. The Hall–Kier alpha value is -2.64. The lowest BCUT2D eigenvalue weighted by molar-refractivity contribution is 0.0697. The van der Waals surface area contributed by atoms with Gasteiger partial charge in [0.25, 0.3) is 5.91 Å². The van der Waals surface area contributed by atoms with Crippen LogP contribution in [0, 0.1) is 0 Å². The molecule has 3 N–H and O–H groups in total. The van der Waals surface area contributed by atoms with E-state index in [0.717, 1.165) is 12.8 Å². The Morgan fingerprint density at radius 1 is 1.22 bits per heavy atom. The smallest absolute Gasteiger partial charge is 0.337 e. The molecule has 1 amide bonds. The zero-order valence-electron chi connectivity index (χ0n) is 14.6. The highest BCUT2D eigenvalue weighted by Crippen LogP contribution is 2.21. The first-order valence-electron chi connectivity index (χ1n) is 8.28. The molecule has 0 aliphatic carbocycles. The van der Waals surface area contributed by atoms with E-state index >= 15 is 0 Å². The number of carboxylic acids is 1. The van der Waals surface area contributed by atoms with Gasteiger partial charge in [-0.2, -0.15) is 0 Å². The molecule has 0 spiro atoms. The number of hydrogen-bond donors (Lipinski definition) is 3. The highest BCUT2D eigenvalue weighted by Gasteiger charge is 2.12. The topological polar surface area (TPSA) is 87.7 Å². The molecule has 142 valence electrons. The van der Waals surface area contributed by atoms with Crippen molar-refractivity contribution in [2.45, 2.75) is 19.8 Å². The predicted molar refractivity (Wildman–Crippen MR) is 109 cm³/mol. The van der Waals surface area contributed by atoms with Gasteiger partial charge >= 0.3 is 5.97 Å². The van der Waals surface area contributed by atoms with Crippen molar-refractivity contribution in [2.24, 2.45) is 0 Å². The SMILES string of the molecule is CCCCOc1cccc(C(=O)NC(=S)Nc2ccc(C(=O)O)c(Cl)c2)c1. The molecule has 0 radical (unpaired) electrons. The summed E-state index contributed by atoms with van der Waals surface area (Å²) in [6.07, 6.45) is 1.96. The van der Waals surface area contributed by atoms with E-state index in [1.807, 2.05) is 0 Å². The molecule has 0 bridgehead atoms. The van der Waals surface area contributed by atoms with E-state index in [2.05, 4.69) is 17.6 Å². The summed E-state index contributed by atoms with van der Waals surface area (Å²) in [5.74, 6) is -0.892. The summed E-state index contributed by atoms with van der Waals surface area (Å²) in [6.45, 7) is 2.66. The van der Waals surface area contributed by atoms with Crippen LogP contribution < -0.4 is 15.4 Å². The van der Waals surface area contributed by atoms with Gasteiger partial charge in [-0.3, -0.25) is 10.1 Å². The molecule has 0 saturated heterocycles. The lowest BCUT2D eigenvalue weighted by Gasteiger charge is -2.11. The molecule has 2 aromatic carbocycles. The molecular weight excluding hydrogens is 388 g/mol. The van der Waals surface area contributed by atoms with E-state index in [1.165, 1.54) is 18.2 Å². The summed E-state index contributed by atoms with van der Waals surface area (Å²) < 4.78 is 5.59. The number of hydrogen-bond acceptors (Lipinski definition) is 4. The summed E-state index contributed by atoms with van der Waals surface area (Å²) in [6, 6.07) is 11.1. The fraction of sp³-hybridized carbons (Fsp3) is 0.211. The Bertz CT molecular complexity index is 857. The average Bonchev–Trinajstić information content (AvgIpc) is 2.62. The maximum Gasteiger partial charge on any atom is 0.337 e. The van der Waals surface area contributed by atoms with Crippen molar-refractivity contribution in [3.05, 3.63) is 58.6 Å². The number of thiocarbonyl (C=S) groups is 1. The molecule has 27 heavy (non-hydrogen) atoms. The van der Waals surface area contributed by atoms with Gasteiger partial charge in [-0.15, -0.1) is 0 Å². The molecule has 2 rings (SSSR count). The summed E-state index contributed by atoms with van der Waals surface area (Å²) in [5.41, 5.74) is 0.858. The molecule has 0 aromatic heterocycles. The molecule has 0 aliphatic heterocycles. The lowest BCUT2D eigenvalue weighted by Crippen LogP contribution is -2.34. The van der Waals surface area contributed by atoms with Crippen LogP contribution in [0.4, 0.5) is 5.69 Å². The molecule has 2 aromatic rings. The third kappa shape index (κ3) is 6.23. The number of anilines is 1. The van der Waals surface area contributed by atoms with Crippen molar-refractivity contribution in [1.82, 2.24) is 5.32 Å². The number of nitrogens with one attached hydrogen (secondary N) is 2. The Balaban J connectivity index is 1.97. The van der Waals surface area contributed by atoms with Gasteiger partial charge in [0.2, 0.25) is 0 Å². The maximum atomic E-state index is 12.3. The molecule has 0 aliphatic rings. The fourth-order valence-corrected chi connectivity index (χ4v) is 2.64. The van der Waals surface area contributed by atoms with Crippen LogP contribution in [0.2, 0.25) is 5.02 Å². The largest absolute Gasteiger partial charge is 0.494 e. The maximum absolute atomic E-state index is 12.3. The Morgan fingerprint density at radius 2 is 2.00 bits per heavy atom. The zero-order valence-corrected chi connectivity index (χ0v) is 16.2. The molecule has 0 saturated carbocycles. The number of ether oxygens (including phenoxy) is 1. The summed E-state index contributed by atoms with van der Waals surface area (Å²) in [7, 11) is 0. The van der Waals surface area contributed by atoms with E-state index < -0.39 is 5.97 Å². The number of benzene rings is 2. The number of amides is 1. The first kappa shape index (κ1) is 20.7. The Labute approximate surface area is 167 Å². The summed E-state index contributed by atoms with van der Waals surface area (Å²) in [5, 5.41) is 14.5. The van der Waals surface area contributed by atoms with Crippen LogP contribution >= 0.6 is 23.8 Å². The van der Waals surface area contributed by atoms with Crippen LogP contribution in [0.1, 0.15) is 40.5 Å². The monoisotopic (exact) mass is 406 g/mol. The van der Waals surface area contributed by atoms with Crippen LogP contribution in [-0.4, -0.2) is 28.7 Å². The number of halogens is 1. The molecule has 0 fully saturated rings. The average molecular weight is 407 g/mol. The highest BCUT2D eigenvalue weighted by molar-refractivity contribution is 7.80. The van der Waals surface area contributed by atoms with Crippen molar-refractivity contribution < 1.29 is 19.4 Å². The highest BCUT2D eigenvalue weighted by atomic mass is 35.5. The van der Waals surface area contributed by atoms with E-state index in [1.54, 1.807) is 24.3 Å².